The highest BCUT2D eigenvalue weighted by atomic mass is 32.2. The zero-order valence-corrected chi connectivity index (χ0v) is 17.3. The summed E-state index contributed by atoms with van der Waals surface area (Å²) in [5.74, 6) is -0.286. The third kappa shape index (κ3) is 5.23. The molecule has 3 aromatic carbocycles. The van der Waals surface area contributed by atoms with E-state index in [2.05, 4.69) is 10.0 Å². The first-order chi connectivity index (χ1) is 13.9. The van der Waals surface area contributed by atoms with Crippen LogP contribution < -0.4 is 10.0 Å². The molecule has 0 saturated carbocycles. The molecule has 3 rings (SSSR count). The lowest BCUT2D eigenvalue weighted by Crippen LogP contribution is -2.26. The number of nitrogens with one attached hydrogen (secondary N) is 2. The van der Waals surface area contributed by atoms with E-state index in [4.69, 9.17) is 0 Å². The standard InChI is InChI=1S/C23H24N2O3S/c1-17-12-13-20(29(27,28)25-22-11-7-6-8-18(22)2)16-21(17)23(26)24-15-14-19-9-4-3-5-10-19/h3-13,16,25H,14-15H2,1-2H3,(H,24,26). The quantitative estimate of drug-likeness (QED) is 0.619. The van der Waals surface area contributed by atoms with Gasteiger partial charge in [0.2, 0.25) is 0 Å². The third-order valence-electron chi connectivity index (χ3n) is 4.70. The minimum atomic E-state index is -3.80. The van der Waals surface area contributed by atoms with Gasteiger partial charge in [-0.15, -0.1) is 0 Å². The second-order valence-electron chi connectivity index (χ2n) is 6.89. The molecule has 0 atom stereocenters. The molecule has 0 aromatic heterocycles. The molecule has 3 aromatic rings. The number of benzene rings is 3. The molecule has 0 bridgehead atoms. The van der Waals surface area contributed by atoms with E-state index >= 15 is 0 Å². The molecule has 0 fully saturated rings. The lowest BCUT2D eigenvalue weighted by atomic mass is 10.1. The lowest BCUT2D eigenvalue weighted by molar-refractivity contribution is 0.0953. The molecule has 0 heterocycles. The molecule has 150 valence electrons. The highest BCUT2D eigenvalue weighted by Crippen LogP contribution is 2.21. The Morgan fingerprint density at radius 2 is 1.55 bits per heavy atom. The van der Waals surface area contributed by atoms with E-state index in [-0.39, 0.29) is 10.8 Å². The van der Waals surface area contributed by atoms with Crippen molar-refractivity contribution in [3.63, 3.8) is 0 Å². The van der Waals surface area contributed by atoms with Crippen LogP contribution in [0.4, 0.5) is 5.69 Å². The fourth-order valence-corrected chi connectivity index (χ4v) is 4.12. The number of carbonyl (C=O) groups excluding carboxylic acids is 1. The van der Waals surface area contributed by atoms with Crippen LogP contribution in [0.15, 0.2) is 77.7 Å². The Hall–Kier alpha value is -3.12. The van der Waals surface area contributed by atoms with Crippen molar-refractivity contribution in [1.82, 2.24) is 5.32 Å². The summed E-state index contributed by atoms with van der Waals surface area (Å²) in [6.07, 6.45) is 0.707. The van der Waals surface area contributed by atoms with E-state index in [9.17, 15) is 13.2 Å². The van der Waals surface area contributed by atoms with Crippen LogP contribution in [0.1, 0.15) is 27.0 Å². The highest BCUT2D eigenvalue weighted by molar-refractivity contribution is 7.92. The smallest absolute Gasteiger partial charge is 0.261 e. The molecule has 0 aliphatic heterocycles. The molecule has 5 nitrogen and oxygen atoms in total. The van der Waals surface area contributed by atoms with E-state index in [1.54, 1.807) is 25.1 Å². The summed E-state index contributed by atoms with van der Waals surface area (Å²) >= 11 is 0. The summed E-state index contributed by atoms with van der Waals surface area (Å²) in [6, 6.07) is 21.6. The van der Waals surface area contributed by atoms with Crippen molar-refractivity contribution in [3.8, 4) is 0 Å². The topological polar surface area (TPSA) is 75.3 Å². The average Bonchev–Trinajstić information content (AvgIpc) is 2.70. The average molecular weight is 409 g/mol. The molecular formula is C23H24N2O3S. The van der Waals surface area contributed by atoms with Crippen LogP contribution in [0.5, 0.6) is 0 Å². The van der Waals surface area contributed by atoms with Gasteiger partial charge in [-0.05, 0) is 55.2 Å². The summed E-state index contributed by atoms with van der Waals surface area (Å²) < 4.78 is 28.2. The van der Waals surface area contributed by atoms with E-state index < -0.39 is 10.0 Å². The van der Waals surface area contributed by atoms with Crippen LogP contribution in [-0.4, -0.2) is 20.9 Å². The van der Waals surface area contributed by atoms with E-state index in [1.165, 1.54) is 12.1 Å². The zero-order chi connectivity index (χ0) is 20.9. The molecule has 1 amide bonds. The van der Waals surface area contributed by atoms with Gasteiger partial charge < -0.3 is 5.32 Å². The summed E-state index contributed by atoms with van der Waals surface area (Å²) in [6.45, 7) is 4.09. The van der Waals surface area contributed by atoms with Crippen LogP contribution in [-0.2, 0) is 16.4 Å². The summed E-state index contributed by atoms with van der Waals surface area (Å²) in [7, 11) is -3.80. The van der Waals surface area contributed by atoms with Crippen LogP contribution in [0.25, 0.3) is 0 Å². The summed E-state index contributed by atoms with van der Waals surface area (Å²) in [5, 5.41) is 2.87. The number of sulfonamides is 1. The molecular weight excluding hydrogens is 384 g/mol. The van der Waals surface area contributed by atoms with Gasteiger partial charge in [-0.25, -0.2) is 8.42 Å². The van der Waals surface area contributed by atoms with Gasteiger partial charge in [-0.1, -0.05) is 54.6 Å². The fraction of sp³-hybridized carbons (Fsp3) is 0.174. The fourth-order valence-electron chi connectivity index (χ4n) is 2.96. The Morgan fingerprint density at radius 1 is 0.862 bits per heavy atom. The second-order valence-corrected chi connectivity index (χ2v) is 8.57. The molecule has 2 N–H and O–H groups in total. The van der Waals surface area contributed by atoms with Gasteiger partial charge in [-0.3, -0.25) is 9.52 Å². The number of para-hydroxylation sites is 1. The number of rotatable bonds is 7. The summed E-state index contributed by atoms with van der Waals surface area (Å²) in [4.78, 5) is 12.7. The van der Waals surface area contributed by atoms with Crippen molar-refractivity contribution in [1.29, 1.82) is 0 Å². The van der Waals surface area contributed by atoms with Crippen LogP contribution in [0.2, 0.25) is 0 Å². The molecule has 0 aliphatic rings. The normalized spacial score (nSPS) is 11.1. The number of aryl methyl sites for hydroxylation is 2. The van der Waals surface area contributed by atoms with Crippen LogP contribution in [0, 0.1) is 13.8 Å². The minimum absolute atomic E-state index is 0.0552. The predicted molar refractivity (Wildman–Crippen MR) is 116 cm³/mol. The van der Waals surface area contributed by atoms with E-state index in [0.717, 1.165) is 16.7 Å². The van der Waals surface area contributed by atoms with Crippen molar-refractivity contribution in [2.75, 3.05) is 11.3 Å². The highest BCUT2D eigenvalue weighted by Gasteiger charge is 2.18. The number of hydrogen-bond donors (Lipinski definition) is 2. The number of anilines is 1. The van der Waals surface area contributed by atoms with Gasteiger partial charge in [0.1, 0.15) is 0 Å². The van der Waals surface area contributed by atoms with E-state index in [0.29, 0.717) is 24.2 Å². The first-order valence-corrected chi connectivity index (χ1v) is 10.9. The first-order valence-electron chi connectivity index (χ1n) is 9.38. The van der Waals surface area contributed by atoms with Crippen LogP contribution >= 0.6 is 0 Å². The zero-order valence-electron chi connectivity index (χ0n) is 16.5. The minimum Gasteiger partial charge on any atom is -0.352 e. The largest absolute Gasteiger partial charge is 0.352 e. The van der Waals surface area contributed by atoms with Crippen molar-refractivity contribution in [3.05, 3.63) is 95.1 Å². The number of carbonyl (C=O) groups is 1. The molecule has 0 saturated heterocycles. The van der Waals surface area contributed by atoms with Gasteiger partial charge in [-0.2, -0.15) is 0 Å². The lowest BCUT2D eigenvalue weighted by Gasteiger charge is -2.13. The maximum atomic E-state index is 12.8. The molecule has 0 unspecified atom stereocenters. The van der Waals surface area contributed by atoms with Gasteiger partial charge in [0.25, 0.3) is 15.9 Å². The molecule has 29 heavy (non-hydrogen) atoms. The van der Waals surface area contributed by atoms with Crippen molar-refractivity contribution >= 4 is 21.6 Å². The first kappa shape index (κ1) is 20.6. The van der Waals surface area contributed by atoms with Gasteiger partial charge in [0.15, 0.2) is 0 Å². The second kappa shape index (κ2) is 8.92. The maximum Gasteiger partial charge on any atom is 0.261 e. The van der Waals surface area contributed by atoms with Gasteiger partial charge >= 0.3 is 0 Å². The number of hydrogen-bond acceptors (Lipinski definition) is 3. The molecule has 0 spiro atoms. The van der Waals surface area contributed by atoms with Crippen molar-refractivity contribution in [2.45, 2.75) is 25.2 Å². The Labute approximate surface area is 171 Å². The Kier molecular flexibility index (Phi) is 6.34. The Bertz CT molecular complexity index is 1110. The summed E-state index contributed by atoms with van der Waals surface area (Å²) in [5.41, 5.74) is 3.54. The Morgan fingerprint density at radius 3 is 2.28 bits per heavy atom. The maximum absolute atomic E-state index is 12.8. The SMILES string of the molecule is Cc1ccccc1NS(=O)(=O)c1ccc(C)c(C(=O)NCCc2ccccc2)c1. The third-order valence-corrected chi connectivity index (χ3v) is 6.06. The molecule has 0 radical (unpaired) electrons. The predicted octanol–water partition coefficient (Wildman–Crippen LogP) is 4.08. The van der Waals surface area contributed by atoms with Gasteiger partial charge in [0, 0.05) is 12.1 Å². The number of amides is 1. The van der Waals surface area contributed by atoms with Crippen LogP contribution in [0.3, 0.4) is 0 Å². The Balaban J connectivity index is 1.74. The van der Waals surface area contributed by atoms with Crippen molar-refractivity contribution < 1.29 is 13.2 Å². The van der Waals surface area contributed by atoms with Gasteiger partial charge in [0.05, 0.1) is 10.6 Å². The monoisotopic (exact) mass is 408 g/mol. The molecule has 0 aliphatic carbocycles. The molecule has 6 heteroatoms. The van der Waals surface area contributed by atoms with Crippen molar-refractivity contribution in [2.24, 2.45) is 0 Å². The van der Waals surface area contributed by atoms with E-state index in [1.807, 2.05) is 49.4 Å².